The summed E-state index contributed by atoms with van der Waals surface area (Å²) in [6.07, 6.45) is -0.00601. The number of hydrogen-bond acceptors (Lipinski definition) is 5. The third-order valence-electron chi connectivity index (χ3n) is 2.37. The average Bonchev–Trinajstić information content (AvgIpc) is 2.76. The van der Waals surface area contributed by atoms with Gasteiger partial charge >= 0.3 is 7.60 Å². The van der Waals surface area contributed by atoms with E-state index in [1.807, 2.05) is 45.2 Å². The quantitative estimate of drug-likeness (QED) is 0.731. The highest BCUT2D eigenvalue weighted by molar-refractivity contribution is 7.54. The predicted octanol–water partition coefficient (Wildman–Crippen LogP) is 4.21. The van der Waals surface area contributed by atoms with Crippen LogP contribution in [0.1, 0.15) is 44.7 Å². The average molecular weight is 306 g/mol. The van der Waals surface area contributed by atoms with Gasteiger partial charge in [0.05, 0.1) is 17.9 Å². The first-order valence-corrected chi connectivity index (χ1v) is 8.99. The van der Waals surface area contributed by atoms with Crippen LogP contribution in [0.4, 0.5) is 0 Å². The van der Waals surface area contributed by atoms with Crippen LogP contribution in [0.2, 0.25) is 0 Å². The van der Waals surface area contributed by atoms with E-state index in [2.05, 4.69) is 0 Å². The molecule has 0 aromatic carbocycles. The highest BCUT2D eigenvalue weighted by Gasteiger charge is 2.39. The fraction of sp³-hybridized carbons (Fsp3) is 0.692. The minimum Gasteiger partial charge on any atom is -0.396 e. The van der Waals surface area contributed by atoms with Crippen molar-refractivity contribution in [2.75, 3.05) is 6.61 Å². The Kier molecular flexibility index (Phi) is 6.71. The van der Waals surface area contributed by atoms with Crippen molar-refractivity contribution in [1.82, 2.24) is 0 Å². The normalized spacial score (nSPS) is 14.3. The van der Waals surface area contributed by atoms with Crippen molar-refractivity contribution in [2.24, 2.45) is 0 Å². The third kappa shape index (κ3) is 5.01. The fourth-order valence-electron chi connectivity index (χ4n) is 1.82. The van der Waals surface area contributed by atoms with E-state index in [0.29, 0.717) is 6.42 Å². The van der Waals surface area contributed by atoms with Crippen molar-refractivity contribution in [2.45, 2.75) is 52.0 Å². The molecule has 1 rings (SSSR count). The molecule has 1 aromatic heterocycles. The summed E-state index contributed by atoms with van der Waals surface area (Å²) in [5.41, 5.74) is -0.401. The first-order valence-electron chi connectivity index (χ1n) is 6.50. The molecule has 0 aliphatic rings. The van der Waals surface area contributed by atoms with Gasteiger partial charge in [0.1, 0.15) is 0 Å². The van der Waals surface area contributed by atoms with Gasteiger partial charge in [-0.3, -0.25) is 4.57 Å². The van der Waals surface area contributed by atoms with E-state index in [1.165, 1.54) is 11.3 Å². The molecule has 1 atom stereocenters. The minimum absolute atomic E-state index is 0.0462. The lowest BCUT2D eigenvalue weighted by Gasteiger charge is -2.29. The van der Waals surface area contributed by atoms with Crippen LogP contribution in [0, 0.1) is 0 Å². The fourth-order valence-corrected chi connectivity index (χ4v) is 5.48. The van der Waals surface area contributed by atoms with E-state index in [-0.39, 0.29) is 18.8 Å². The maximum absolute atomic E-state index is 13.1. The SMILES string of the molecule is CC(C)OP(=O)(OC(C)C)[C@@H](CCO)c1cccs1. The van der Waals surface area contributed by atoms with Crippen LogP contribution < -0.4 is 0 Å². The zero-order valence-corrected chi connectivity index (χ0v) is 13.6. The molecule has 1 heterocycles. The summed E-state index contributed by atoms with van der Waals surface area (Å²) in [6.45, 7) is 7.29. The number of hydrogen-bond donors (Lipinski definition) is 1. The molecule has 19 heavy (non-hydrogen) atoms. The number of aliphatic hydroxyl groups is 1. The second-order valence-corrected chi connectivity index (χ2v) is 8.00. The largest absolute Gasteiger partial charge is 0.396 e. The van der Waals surface area contributed by atoms with E-state index in [0.717, 1.165) is 4.88 Å². The van der Waals surface area contributed by atoms with Gasteiger partial charge in [-0.25, -0.2) is 0 Å². The Hall–Kier alpha value is -0.190. The zero-order chi connectivity index (χ0) is 14.5. The third-order valence-corrected chi connectivity index (χ3v) is 6.26. The van der Waals surface area contributed by atoms with Crippen LogP contribution in [-0.4, -0.2) is 23.9 Å². The molecule has 1 aromatic rings. The van der Waals surface area contributed by atoms with Gasteiger partial charge in [0.15, 0.2) is 0 Å². The summed E-state index contributed by atoms with van der Waals surface area (Å²) in [4.78, 5) is 0.929. The van der Waals surface area contributed by atoms with Gasteiger partial charge in [-0.1, -0.05) is 6.07 Å². The van der Waals surface area contributed by atoms with E-state index in [4.69, 9.17) is 9.05 Å². The standard InChI is InChI=1S/C13H23O4PS/c1-10(2)16-18(15,17-11(3)4)12(7-8-14)13-6-5-9-19-13/h5-6,9-12,14H,7-8H2,1-4H3/t12-/m0/s1. The monoisotopic (exact) mass is 306 g/mol. The molecule has 0 radical (unpaired) electrons. The van der Waals surface area contributed by atoms with Crippen molar-refractivity contribution >= 4 is 18.9 Å². The van der Waals surface area contributed by atoms with Gasteiger partial charge < -0.3 is 14.2 Å². The van der Waals surface area contributed by atoms with Crippen molar-refractivity contribution in [3.05, 3.63) is 22.4 Å². The van der Waals surface area contributed by atoms with E-state index >= 15 is 0 Å². The summed E-state index contributed by atoms with van der Waals surface area (Å²) < 4.78 is 24.3. The molecule has 0 amide bonds. The van der Waals surface area contributed by atoms with Crippen LogP contribution in [0.25, 0.3) is 0 Å². The van der Waals surface area contributed by atoms with Crippen LogP contribution in [0.15, 0.2) is 17.5 Å². The Labute approximate surface area is 119 Å². The van der Waals surface area contributed by atoms with E-state index in [1.54, 1.807) is 0 Å². The highest BCUT2D eigenvalue weighted by atomic mass is 32.1. The van der Waals surface area contributed by atoms with Crippen LogP contribution in [0.3, 0.4) is 0 Å². The Morgan fingerprint density at radius 3 is 2.21 bits per heavy atom. The van der Waals surface area contributed by atoms with Crippen molar-refractivity contribution < 1.29 is 18.7 Å². The lowest BCUT2D eigenvalue weighted by molar-refractivity contribution is 0.133. The molecule has 0 saturated carbocycles. The van der Waals surface area contributed by atoms with Gasteiger partial charge in [-0.05, 0) is 45.6 Å². The summed E-state index contributed by atoms with van der Waals surface area (Å²) >= 11 is 1.51. The molecular weight excluding hydrogens is 283 g/mol. The van der Waals surface area contributed by atoms with E-state index in [9.17, 15) is 9.67 Å². The van der Waals surface area contributed by atoms with Crippen LogP contribution in [0.5, 0.6) is 0 Å². The maximum atomic E-state index is 13.1. The maximum Gasteiger partial charge on any atom is 0.339 e. The zero-order valence-electron chi connectivity index (χ0n) is 11.9. The Bertz CT molecular complexity index is 389. The lowest BCUT2D eigenvalue weighted by atomic mass is 10.3. The van der Waals surface area contributed by atoms with Gasteiger partial charge in [0.2, 0.25) is 0 Å². The molecule has 110 valence electrons. The molecule has 0 saturated heterocycles. The smallest absolute Gasteiger partial charge is 0.339 e. The summed E-state index contributed by atoms with van der Waals surface area (Å²) in [6, 6.07) is 3.81. The second-order valence-electron chi connectivity index (χ2n) is 4.89. The summed E-state index contributed by atoms with van der Waals surface area (Å²) in [5, 5.41) is 11.2. The Balaban J connectivity index is 3.06. The Morgan fingerprint density at radius 2 is 1.84 bits per heavy atom. The van der Waals surface area contributed by atoms with Gasteiger partial charge in [-0.2, -0.15) is 0 Å². The predicted molar refractivity (Wildman–Crippen MR) is 78.8 cm³/mol. The molecule has 0 bridgehead atoms. The topological polar surface area (TPSA) is 55.8 Å². The molecule has 0 fully saturated rings. The van der Waals surface area contributed by atoms with Gasteiger partial charge in [0, 0.05) is 11.5 Å². The van der Waals surface area contributed by atoms with E-state index < -0.39 is 13.3 Å². The Morgan fingerprint density at radius 1 is 1.26 bits per heavy atom. The molecular formula is C13H23O4PS. The molecule has 0 aliphatic carbocycles. The molecule has 0 unspecified atom stereocenters. The lowest BCUT2D eigenvalue weighted by Crippen LogP contribution is -2.14. The minimum atomic E-state index is -3.30. The number of aliphatic hydroxyl groups excluding tert-OH is 1. The van der Waals surface area contributed by atoms with Crippen molar-refractivity contribution in [3.63, 3.8) is 0 Å². The van der Waals surface area contributed by atoms with Crippen LogP contribution in [-0.2, 0) is 13.6 Å². The number of thiophene rings is 1. The first kappa shape index (κ1) is 16.9. The summed E-state index contributed by atoms with van der Waals surface area (Å²) in [7, 11) is -3.30. The van der Waals surface area contributed by atoms with Crippen molar-refractivity contribution in [3.8, 4) is 0 Å². The van der Waals surface area contributed by atoms with Gasteiger partial charge in [-0.15, -0.1) is 11.3 Å². The molecule has 0 aliphatic heterocycles. The van der Waals surface area contributed by atoms with Crippen molar-refractivity contribution in [1.29, 1.82) is 0 Å². The molecule has 1 N–H and O–H groups in total. The molecule has 4 nitrogen and oxygen atoms in total. The second kappa shape index (κ2) is 7.55. The van der Waals surface area contributed by atoms with Crippen LogP contribution >= 0.6 is 18.9 Å². The number of rotatable bonds is 8. The van der Waals surface area contributed by atoms with Gasteiger partial charge in [0.25, 0.3) is 0 Å². The molecule has 6 heteroatoms. The first-order chi connectivity index (χ1) is 8.89. The molecule has 0 spiro atoms. The summed E-state index contributed by atoms with van der Waals surface area (Å²) in [5.74, 6) is 0. The highest BCUT2D eigenvalue weighted by Crippen LogP contribution is 2.64.